The monoisotopic (exact) mass is 349 g/mol. The molecule has 0 amide bonds. The van der Waals surface area contributed by atoms with Crippen molar-refractivity contribution in [2.75, 3.05) is 20.1 Å². The highest BCUT2D eigenvalue weighted by atomic mass is 16.6. The van der Waals surface area contributed by atoms with Crippen molar-refractivity contribution in [1.29, 1.82) is 0 Å². The molecule has 3 rings (SSSR count). The van der Waals surface area contributed by atoms with Gasteiger partial charge in [-0.15, -0.1) is 0 Å². The third kappa shape index (κ3) is 3.58. The lowest BCUT2D eigenvalue weighted by Gasteiger charge is -2.45. The standard InChI is InChI=1S/C23H27NO2/c1-18(2)22(25)26-23(19-11-6-4-7-12-19,20-13-8-5-9-14-20)21-15-10-16-24(3)17-21/h4-9,11-14,21H,1,10,15-17H2,2-3H3. The van der Waals surface area contributed by atoms with E-state index in [2.05, 4.69) is 42.8 Å². The van der Waals surface area contributed by atoms with E-state index in [-0.39, 0.29) is 11.9 Å². The van der Waals surface area contributed by atoms with Gasteiger partial charge in [0, 0.05) is 29.2 Å². The molecule has 2 aromatic rings. The molecule has 26 heavy (non-hydrogen) atoms. The van der Waals surface area contributed by atoms with Gasteiger partial charge < -0.3 is 9.64 Å². The van der Waals surface area contributed by atoms with Gasteiger partial charge in [0.15, 0.2) is 5.60 Å². The van der Waals surface area contributed by atoms with Crippen LogP contribution in [-0.2, 0) is 15.1 Å². The van der Waals surface area contributed by atoms with Crippen molar-refractivity contribution in [2.24, 2.45) is 5.92 Å². The van der Waals surface area contributed by atoms with Crippen LogP contribution in [0.2, 0.25) is 0 Å². The minimum absolute atomic E-state index is 0.175. The van der Waals surface area contributed by atoms with Crippen molar-refractivity contribution in [3.63, 3.8) is 0 Å². The first-order valence-electron chi connectivity index (χ1n) is 9.22. The molecule has 0 saturated carbocycles. The first-order valence-corrected chi connectivity index (χ1v) is 9.22. The van der Waals surface area contributed by atoms with E-state index in [1.165, 1.54) is 0 Å². The van der Waals surface area contributed by atoms with E-state index in [0.717, 1.165) is 37.1 Å². The van der Waals surface area contributed by atoms with E-state index in [1.54, 1.807) is 6.92 Å². The third-order valence-electron chi connectivity index (χ3n) is 5.21. The number of hydrogen-bond donors (Lipinski definition) is 0. The van der Waals surface area contributed by atoms with E-state index in [1.807, 2.05) is 36.4 Å². The second-order valence-electron chi connectivity index (χ2n) is 7.24. The third-order valence-corrected chi connectivity index (χ3v) is 5.21. The molecule has 1 aliphatic rings. The fraction of sp³-hybridized carbons (Fsp3) is 0.348. The molecule has 1 saturated heterocycles. The van der Waals surface area contributed by atoms with Crippen molar-refractivity contribution < 1.29 is 9.53 Å². The summed E-state index contributed by atoms with van der Waals surface area (Å²) in [6.07, 6.45) is 2.10. The molecule has 0 spiro atoms. The maximum Gasteiger partial charge on any atom is 0.334 e. The van der Waals surface area contributed by atoms with Gasteiger partial charge in [0.1, 0.15) is 0 Å². The molecule has 1 atom stereocenters. The second kappa shape index (κ2) is 7.88. The van der Waals surface area contributed by atoms with Gasteiger partial charge in [-0.2, -0.15) is 0 Å². The Morgan fingerprint density at radius 2 is 1.62 bits per heavy atom. The summed E-state index contributed by atoms with van der Waals surface area (Å²) >= 11 is 0. The number of benzene rings is 2. The predicted molar refractivity (Wildman–Crippen MR) is 105 cm³/mol. The molecule has 3 nitrogen and oxygen atoms in total. The first-order chi connectivity index (χ1) is 12.5. The summed E-state index contributed by atoms with van der Waals surface area (Å²) in [4.78, 5) is 15.0. The predicted octanol–water partition coefficient (Wildman–Crippen LogP) is 4.39. The van der Waals surface area contributed by atoms with E-state index in [4.69, 9.17) is 4.74 Å². The van der Waals surface area contributed by atoms with E-state index >= 15 is 0 Å². The Kier molecular flexibility index (Phi) is 5.58. The van der Waals surface area contributed by atoms with Crippen LogP contribution >= 0.6 is 0 Å². The molecule has 2 aromatic carbocycles. The minimum Gasteiger partial charge on any atom is -0.446 e. The van der Waals surface area contributed by atoms with E-state index in [9.17, 15) is 4.79 Å². The summed E-state index contributed by atoms with van der Waals surface area (Å²) in [5, 5.41) is 0. The van der Waals surface area contributed by atoms with Gasteiger partial charge in [0.05, 0.1) is 0 Å². The summed E-state index contributed by atoms with van der Waals surface area (Å²) in [6.45, 7) is 7.46. The highest BCUT2D eigenvalue weighted by Crippen LogP contribution is 2.44. The van der Waals surface area contributed by atoms with Gasteiger partial charge in [-0.3, -0.25) is 0 Å². The molecule has 0 N–H and O–H groups in total. The molecule has 0 aromatic heterocycles. The Morgan fingerprint density at radius 1 is 1.08 bits per heavy atom. The number of ether oxygens (including phenoxy) is 1. The summed E-state index contributed by atoms with van der Waals surface area (Å²) < 4.78 is 6.29. The van der Waals surface area contributed by atoms with Crippen molar-refractivity contribution >= 4 is 5.97 Å². The average Bonchev–Trinajstić information content (AvgIpc) is 2.67. The number of carbonyl (C=O) groups excluding carboxylic acids is 1. The lowest BCUT2D eigenvalue weighted by molar-refractivity contribution is -0.159. The van der Waals surface area contributed by atoms with Crippen molar-refractivity contribution in [3.05, 3.63) is 83.9 Å². The highest BCUT2D eigenvalue weighted by Gasteiger charge is 2.46. The van der Waals surface area contributed by atoms with Crippen LogP contribution in [-0.4, -0.2) is 31.0 Å². The first kappa shape index (κ1) is 18.4. The van der Waals surface area contributed by atoms with Gasteiger partial charge in [0.25, 0.3) is 0 Å². The number of rotatable bonds is 5. The Labute approximate surface area is 156 Å². The van der Waals surface area contributed by atoms with Gasteiger partial charge >= 0.3 is 5.97 Å². The largest absolute Gasteiger partial charge is 0.446 e. The SMILES string of the molecule is C=C(C)C(=O)OC(c1ccccc1)(c1ccccc1)C1CCCN(C)C1. The normalized spacial score (nSPS) is 18.3. The number of likely N-dealkylation sites (tertiary alicyclic amines) is 1. The van der Waals surface area contributed by atoms with Gasteiger partial charge in [-0.1, -0.05) is 67.2 Å². The van der Waals surface area contributed by atoms with E-state index in [0.29, 0.717) is 5.57 Å². The Hall–Kier alpha value is -2.39. The molecule has 1 fully saturated rings. The maximum atomic E-state index is 12.7. The summed E-state index contributed by atoms with van der Waals surface area (Å²) in [7, 11) is 2.13. The van der Waals surface area contributed by atoms with Crippen molar-refractivity contribution in [2.45, 2.75) is 25.4 Å². The van der Waals surface area contributed by atoms with Crippen LogP contribution in [0.5, 0.6) is 0 Å². The van der Waals surface area contributed by atoms with Crippen LogP contribution < -0.4 is 0 Å². The lowest BCUT2D eigenvalue weighted by Crippen LogP contribution is -2.48. The number of piperidine rings is 1. The van der Waals surface area contributed by atoms with Crippen LogP contribution in [0.1, 0.15) is 30.9 Å². The fourth-order valence-electron chi connectivity index (χ4n) is 3.94. The summed E-state index contributed by atoms with van der Waals surface area (Å²) in [6, 6.07) is 20.3. The van der Waals surface area contributed by atoms with Gasteiger partial charge in [-0.05, 0) is 33.4 Å². The number of nitrogens with zero attached hydrogens (tertiary/aromatic N) is 1. The van der Waals surface area contributed by atoms with Gasteiger partial charge in [-0.25, -0.2) is 4.79 Å². The Morgan fingerprint density at radius 3 is 2.08 bits per heavy atom. The van der Waals surface area contributed by atoms with Crippen molar-refractivity contribution in [3.8, 4) is 0 Å². The molecule has 136 valence electrons. The number of carbonyl (C=O) groups is 1. The quantitative estimate of drug-likeness (QED) is 0.592. The van der Waals surface area contributed by atoms with Crippen LogP contribution in [0.4, 0.5) is 0 Å². The lowest BCUT2D eigenvalue weighted by atomic mass is 9.72. The maximum absolute atomic E-state index is 12.7. The number of esters is 1. The smallest absolute Gasteiger partial charge is 0.334 e. The average molecular weight is 349 g/mol. The summed E-state index contributed by atoms with van der Waals surface area (Å²) in [5.74, 6) is -0.166. The fourth-order valence-corrected chi connectivity index (χ4v) is 3.94. The second-order valence-corrected chi connectivity index (χ2v) is 7.24. The highest BCUT2D eigenvalue weighted by molar-refractivity contribution is 5.87. The molecule has 1 unspecified atom stereocenters. The van der Waals surface area contributed by atoms with Gasteiger partial charge in [0.2, 0.25) is 0 Å². The van der Waals surface area contributed by atoms with Crippen LogP contribution in [0, 0.1) is 5.92 Å². The topological polar surface area (TPSA) is 29.5 Å². The number of hydrogen-bond acceptors (Lipinski definition) is 3. The van der Waals surface area contributed by atoms with Crippen LogP contribution in [0.3, 0.4) is 0 Å². The summed E-state index contributed by atoms with van der Waals surface area (Å²) in [5.41, 5.74) is 1.64. The van der Waals surface area contributed by atoms with Crippen LogP contribution in [0.15, 0.2) is 72.8 Å². The molecular formula is C23H27NO2. The molecule has 1 aliphatic heterocycles. The molecule has 0 aliphatic carbocycles. The Bertz CT molecular complexity index is 715. The molecular weight excluding hydrogens is 322 g/mol. The minimum atomic E-state index is -0.812. The molecule has 3 heteroatoms. The zero-order valence-electron chi connectivity index (χ0n) is 15.7. The zero-order valence-corrected chi connectivity index (χ0v) is 15.7. The van der Waals surface area contributed by atoms with Crippen LogP contribution in [0.25, 0.3) is 0 Å². The Balaban J connectivity index is 2.19. The molecule has 0 radical (unpaired) electrons. The molecule has 0 bridgehead atoms. The van der Waals surface area contributed by atoms with Crippen molar-refractivity contribution in [1.82, 2.24) is 4.90 Å². The van der Waals surface area contributed by atoms with E-state index < -0.39 is 5.60 Å². The molecule has 1 heterocycles. The zero-order chi connectivity index (χ0) is 18.6.